The number of hydrogen-bond acceptors (Lipinski definition) is 4. The number of carboxylic acids is 1. The van der Waals surface area contributed by atoms with Gasteiger partial charge >= 0.3 is 5.97 Å². The molecule has 1 amide bonds. The van der Waals surface area contributed by atoms with Crippen molar-refractivity contribution in [3.63, 3.8) is 0 Å². The number of nitrogens with zero attached hydrogens (tertiary/aromatic N) is 1. The molecule has 0 aromatic heterocycles. The molecule has 1 heterocycles. The van der Waals surface area contributed by atoms with E-state index in [2.05, 4.69) is 0 Å². The van der Waals surface area contributed by atoms with Crippen molar-refractivity contribution in [3.8, 4) is 5.75 Å². The van der Waals surface area contributed by atoms with E-state index in [9.17, 15) is 14.7 Å². The first-order valence-electron chi connectivity index (χ1n) is 7.86. The number of hydrogen-bond donors (Lipinski definition) is 1. The van der Waals surface area contributed by atoms with Crippen molar-refractivity contribution in [2.45, 2.75) is 17.7 Å². The molecule has 1 aliphatic carbocycles. The lowest BCUT2D eigenvalue weighted by atomic mass is 9.92. The second-order valence-electron chi connectivity index (χ2n) is 6.21. The quantitative estimate of drug-likeness (QED) is 0.809. The van der Waals surface area contributed by atoms with Gasteiger partial charge in [-0.1, -0.05) is 6.07 Å². The summed E-state index contributed by atoms with van der Waals surface area (Å²) >= 11 is 1.46. The molecule has 0 radical (unpaired) electrons. The van der Waals surface area contributed by atoms with E-state index >= 15 is 0 Å². The smallest absolute Gasteiger partial charge is 0.308 e. The molecule has 124 valence electrons. The van der Waals surface area contributed by atoms with Crippen LogP contribution in [-0.4, -0.2) is 47.8 Å². The van der Waals surface area contributed by atoms with E-state index in [-0.39, 0.29) is 11.8 Å². The predicted molar refractivity (Wildman–Crippen MR) is 87.6 cm³/mol. The van der Waals surface area contributed by atoms with Crippen molar-refractivity contribution in [2.75, 3.05) is 26.0 Å². The van der Waals surface area contributed by atoms with E-state index in [0.717, 1.165) is 23.5 Å². The van der Waals surface area contributed by atoms with Crippen LogP contribution in [0.5, 0.6) is 5.75 Å². The number of ether oxygens (including phenoxy) is 1. The van der Waals surface area contributed by atoms with Crippen molar-refractivity contribution in [1.82, 2.24) is 4.90 Å². The second-order valence-corrected chi connectivity index (χ2v) is 7.26. The summed E-state index contributed by atoms with van der Waals surface area (Å²) in [4.78, 5) is 26.5. The van der Waals surface area contributed by atoms with Crippen LogP contribution in [0.3, 0.4) is 0 Å². The zero-order valence-electron chi connectivity index (χ0n) is 13.1. The molecule has 1 N–H and O–H groups in total. The Bertz CT molecular complexity index is 602. The van der Waals surface area contributed by atoms with Gasteiger partial charge in [-0.15, -0.1) is 11.8 Å². The summed E-state index contributed by atoms with van der Waals surface area (Å²) < 4.78 is 5.18. The predicted octanol–water partition coefficient (Wildman–Crippen LogP) is 2.36. The van der Waals surface area contributed by atoms with Crippen molar-refractivity contribution in [3.05, 3.63) is 24.3 Å². The van der Waals surface area contributed by atoms with Gasteiger partial charge in [-0.25, -0.2) is 0 Å². The molecule has 0 unspecified atom stereocenters. The number of aliphatic carboxylic acids is 1. The number of benzene rings is 1. The lowest BCUT2D eigenvalue weighted by Crippen LogP contribution is -2.31. The van der Waals surface area contributed by atoms with Gasteiger partial charge in [0.05, 0.1) is 18.8 Å². The number of carboxylic acid groups (broad SMARTS) is 1. The molecule has 1 aromatic rings. The molecular formula is C17H21NO4S. The third-order valence-corrected chi connectivity index (χ3v) is 5.64. The lowest BCUT2D eigenvalue weighted by Gasteiger charge is -2.16. The van der Waals surface area contributed by atoms with Gasteiger partial charge in [0.25, 0.3) is 0 Å². The summed E-state index contributed by atoms with van der Waals surface area (Å²) in [6.45, 7) is 0.952. The summed E-state index contributed by atoms with van der Waals surface area (Å²) in [5, 5.41) is 9.37. The van der Waals surface area contributed by atoms with Gasteiger partial charge in [0.15, 0.2) is 0 Å². The highest BCUT2D eigenvalue weighted by molar-refractivity contribution is 8.00. The second kappa shape index (κ2) is 6.83. The number of carbonyl (C=O) groups is 2. The first kappa shape index (κ1) is 16.2. The molecule has 0 spiro atoms. The first-order chi connectivity index (χ1) is 11.1. The maximum absolute atomic E-state index is 12.4. The van der Waals surface area contributed by atoms with Crippen LogP contribution in [0.4, 0.5) is 0 Å². The van der Waals surface area contributed by atoms with Gasteiger partial charge in [-0.3, -0.25) is 9.59 Å². The van der Waals surface area contributed by atoms with E-state index in [1.165, 1.54) is 11.8 Å². The zero-order valence-corrected chi connectivity index (χ0v) is 13.9. The molecule has 3 rings (SSSR count). The minimum atomic E-state index is -0.766. The van der Waals surface area contributed by atoms with E-state index in [4.69, 9.17) is 4.74 Å². The molecule has 23 heavy (non-hydrogen) atoms. The maximum atomic E-state index is 12.4. The Morgan fingerprint density at radius 1 is 1.35 bits per heavy atom. The van der Waals surface area contributed by atoms with Crippen LogP contribution in [0.15, 0.2) is 29.2 Å². The summed E-state index contributed by atoms with van der Waals surface area (Å²) in [6.07, 6.45) is 2.21. The summed E-state index contributed by atoms with van der Waals surface area (Å²) in [6, 6.07) is 7.60. The number of likely N-dealkylation sites (tertiary alicyclic amines) is 1. The molecule has 1 aliphatic heterocycles. The fourth-order valence-corrected chi connectivity index (χ4v) is 4.07. The van der Waals surface area contributed by atoms with Crippen molar-refractivity contribution in [2.24, 2.45) is 17.8 Å². The fourth-order valence-electron chi connectivity index (χ4n) is 3.22. The minimum absolute atomic E-state index is 0.0206. The SMILES string of the molecule is COc1cccc(SCC(=O)N2C[C@@H](C(=O)O)[C@H](C3CC3)C2)c1. The monoisotopic (exact) mass is 335 g/mol. The van der Waals surface area contributed by atoms with Gasteiger partial charge < -0.3 is 14.7 Å². The van der Waals surface area contributed by atoms with Gasteiger partial charge in [-0.2, -0.15) is 0 Å². The van der Waals surface area contributed by atoms with E-state index in [0.29, 0.717) is 24.8 Å². The van der Waals surface area contributed by atoms with Crippen LogP contribution in [0.25, 0.3) is 0 Å². The van der Waals surface area contributed by atoms with Crippen LogP contribution in [0, 0.1) is 17.8 Å². The Hall–Kier alpha value is -1.69. The van der Waals surface area contributed by atoms with Gasteiger partial charge in [-0.05, 0) is 42.9 Å². The van der Waals surface area contributed by atoms with Crippen molar-refractivity contribution < 1.29 is 19.4 Å². The number of methoxy groups -OCH3 is 1. The lowest BCUT2D eigenvalue weighted by molar-refractivity contribution is -0.142. The maximum Gasteiger partial charge on any atom is 0.308 e. The topological polar surface area (TPSA) is 66.8 Å². The Labute approximate surface area is 140 Å². The van der Waals surface area contributed by atoms with Crippen molar-refractivity contribution in [1.29, 1.82) is 0 Å². The standard InChI is InChI=1S/C17H21NO4S/c1-22-12-3-2-4-13(7-12)23-10-16(19)18-8-14(11-5-6-11)15(9-18)17(20)21/h2-4,7,11,14-15H,5-6,8-10H2,1H3,(H,20,21)/t14-,15+/m0/s1. The Morgan fingerprint density at radius 2 is 2.13 bits per heavy atom. The molecule has 0 bridgehead atoms. The molecule has 1 saturated heterocycles. The van der Waals surface area contributed by atoms with Gasteiger partial charge in [0.1, 0.15) is 5.75 Å². The minimum Gasteiger partial charge on any atom is -0.497 e. The first-order valence-corrected chi connectivity index (χ1v) is 8.84. The fraction of sp³-hybridized carbons (Fsp3) is 0.529. The van der Waals surface area contributed by atoms with Crippen LogP contribution in [0.1, 0.15) is 12.8 Å². The molecule has 6 heteroatoms. The number of thioether (sulfide) groups is 1. The molecule has 5 nitrogen and oxygen atoms in total. The summed E-state index contributed by atoms with van der Waals surface area (Å²) in [5.74, 6) is 0.594. The average molecular weight is 335 g/mol. The van der Waals surface area contributed by atoms with Gasteiger partial charge in [0, 0.05) is 18.0 Å². The third-order valence-electron chi connectivity index (χ3n) is 4.67. The molecule has 2 atom stereocenters. The molecule has 1 saturated carbocycles. The van der Waals surface area contributed by atoms with Crippen LogP contribution in [-0.2, 0) is 9.59 Å². The van der Waals surface area contributed by atoms with E-state index in [1.54, 1.807) is 12.0 Å². The normalized spacial score (nSPS) is 23.8. The molecule has 2 aliphatic rings. The number of amides is 1. The molecular weight excluding hydrogens is 314 g/mol. The highest BCUT2D eigenvalue weighted by Gasteiger charge is 2.46. The largest absolute Gasteiger partial charge is 0.497 e. The Balaban J connectivity index is 1.57. The van der Waals surface area contributed by atoms with Crippen LogP contribution >= 0.6 is 11.8 Å². The molecule has 1 aromatic carbocycles. The van der Waals surface area contributed by atoms with E-state index < -0.39 is 11.9 Å². The Kier molecular flexibility index (Phi) is 4.80. The van der Waals surface area contributed by atoms with Crippen LogP contribution < -0.4 is 4.74 Å². The van der Waals surface area contributed by atoms with Gasteiger partial charge in [0.2, 0.25) is 5.91 Å². The number of carbonyl (C=O) groups excluding carboxylic acids is 1. The Morgan fingerprint density at radius 3 is 2.78 bits per heavy atom. The number of rotatable bonds is 6. The van der Waals surface area contributed by atoms with Crippen LogP contribution in [0.2, 0.25) is 0 Å². The third kappa shape index (κ3) is 3.80. The highest BCUT2D eigenvalue weighted by Crippen LogP contribution is 2.44. The summed E-state index contributed by atoms with van der Waals surface area (Å²) in [5.41, 5.74) is 0. The van der Waals surface area contributed by atoms with E-state index in [1.807, 2.05) is 24.3 Å². The zero-order chi connectivity index (χ0) is 16.4. The summed E-state index contributed by atoms with van der Waals surface area (Å²) in [7, 11) is 1.61. The average Bonchev–Trinajstić information content (AvgIpc) is 3.30. The van der Waals surface area contributed by atoms with Crippen molar-refractivity contribution >= 4 is 23.6 Å². The highest BCUT2D eigenvalue weighted by atomic mass is 32.2. The molecule has 2 fully saturated rings.